The average molecular weight is 233 g/mol. The van der Waals surface area contributed by atoms with Gasteiger partial charge in [0.05, 0.1) is 5.97 Å². The summed E-state index contributed by atoms with van der Waals surface area (Å²) in [6.07, 6.45) is 1.10. The molecule has 0 bridgehead atoms. The fourth-order valence-electron chi connectivity index (χ4n) is 2.19. The molecule has 0 radical (unpaired) electrons. The molecule has 0 N–H and O–H groups in total. The van der Waals surface area contributed by atoms with Gasteiger partial charge in [-0.1, -0.05) is 0 Å². The van der Waals surface area contributed by atoms with E-state index in [2.05, 4.69) is 0 Å². The van der Waals surface area contributed by atoms with E-state index in [1.165, 1.54) is 0 Å². The molecule has 0 spiro atoms. The van der Waals surface area contributed by atoms with Gasteiger partial charge in [0.15, 0.2) is 5.78 Å². The lowest BCUT2D eigenvalue weighted by molar-refractivity contribution is -0.307. The van der Waals surface area contributed by atoms with Crippen LogP contribution < -0.4 is 9.84 Å². The first kappa shape index (κ1) is 11.6. The van der Waals surface area contributed by atoms with Gasteiger partial charge in [-0.2, -0.15) is 0 Å². The van der Waals surface area contributed by atoms with Crippen molar-refractivity contribution in [2.45, 2.75) is 26.7 Å². The van der Waals surface area contributed by atoms with Gasteiger partial charge in [-0.15, -0.1) is 0 Å². The van der Waals surface area contributed by atoms with Gasteiger partial charge in [0, 0.05) is 17.5 Å². The summed E-state index contributed by atoms with van der Waals surface area (Å²) in [6, 6.07) is 1.79. The van der Waals surface area contributed by atoms with E-state index in [0.717, 1.165) is 16.7 Å². The fourth-order valence-corrected chi connectivity index (χ4v) is 2.19. The molecular weight excluding hydrogens is 220 g/mol. The zero-order valence-electron chi connectivity index (χ0n) is 9.83. The van der Waals surface area contributed by atoms with Crippen LogP contribution in [0.25, 0.3) is 0 Å². The summed E-state index contributed by atoms with van der Waals surface area (Å²) in [7, 11) is 0. The maximum absolute atomic E-state index is 11.7. The monoisotopic (exact) mass is 233 g/mol. The van der Waals surface area contributed by atoms with Crippen LogP contribution in [0.1, 0.15) is 33.5 Å². The zero-order chi connectivity index (χ0) is 12.6. The van der Waals surface area contributed by atoms with Crippen molar-refractivity contribution >= 4 is 11.8 Å². The number of ketones is 1. The minimum absolute atomic E-state index is 0.111. The first-order chi connectivity index (χ1) is 8.00. The molecule has 1 aromatic carbocycles. The predicted octanol–water partition coefficient (Wildman–Crippen LogP) is 0.561. The molecule has 0 amide bonds. The van der Waals surface area contributed by atoms with Gasteiger partial charge in [0.1, 0.15) is 12.4 Å². The van der Waals surface area contributed by atoms with Crippen molar-refractivity contribution in [2.24, 2.45) is 0 Å². The zero-order valence-corrected chi connectivity index (χ0v) is 9.83. The van der Waals surface area contributed by atoms with Crippen LogP contribution in [-0.2, 0) is 11.2 Å². The van der Waals surface area contributed by atoms with Crippen LogP contribution in [0.4, 0.5) is 0 Å². The number of aliphatic carboxylic acids is 1. The smallest absolute Gasteiger partial charge is 0.163 e. The van der Waals surface area contributed by atoms with Crippen molar-refractivity contribution in [1.82, 2.24) is 0 Å². The number of aryl methyl sites for hydroxylation is 1. The number of hydrogen-bond acceptors (Lipinski definition) is 4. The SMILES string of the molecule is Cc1cc(OCC(=O)[O-])c2c(c1C)C(=O)CC2. The molecule has 0 heterocycles. The Morgan fingerprint density at radius 1 is 1.41 bits per heavy atom. The Morgan fingerprint density at radius 2 is 2.12 bits per heavy atom. The van der Waals surface area contributed by atoms with Crippen molar-refractivity contribution in [1.29, 1.82) is 0 Å². The lowest BCUT2D eigenvalue weighted by atomic mass is 9.98. The van der Waals surface area contributed by atoms with Crippen molar-refractivity contribution < 1.29 is 19.4 Å². The lowest BCUT2D eigenvalue weighted by Crippen LogP contribution is -2.29. The van der Waals surface area contributed by atoms with Crippen molar-refractivity contribution in [3.8, 4) is 5.75 Å². The molecule has 4 heteroatoms. The minimum Gasteiger partial charge on any atom is -0.546 e. The number of carboxylic acids is 1. The van der Waals surface area contributed by atoms with Crippen LogP contribution in [0.2, 0.25) is 0 Å². The molecular formula is C13H13O4-. The largest absolute Gasteiger partial charge is 0.546 e. The molecule has 1 aliphatic carbocycles. The standard InChI is InChI=1S/C13H14O4/c1-7-5-11(17-6-12(15)16)9-3-4-10(14)13(9)8(7)2/h5H,3-4,6H2,1-2H3,(H,15,16)/p-1. The van der Waals surface area contributed by atoms with Crippen molar-refractivity contribution in [3.63, 3.8) is 0 Å². The highest BCUT2D eigenvalue weighted by Crippen LogP contribution is 2.34. The van der Waals surface area contributed by atoms with Gasteiger partial charge in [-0.05, 0) is 37.5 Å². The Morgan fingerprint density at radius 3 is 2.76 bits per heavy atom. The minimum atomic E-state index is -1.26. The van der Waals surface area contributed by atoms with Crippen molar-refractivity contribution in [3.05, 3.63) is 28.3 Å². The first-order valence-corrected chi connectivity index (χ1v) is 5.49. The molecule has 17 heavy (non-hydrogen) atoms. The number of carboxylic acid groups (broad SMARTS) is 1. The number of hydrogen-bond donors (Lipinski definition) is 0. The van der Waals surface area contributed by atoms with Crippen LogP contribution in [0.3, 0.4) is 0 Å². The summed E-state index contributed by atoms with van der Waals surface area (Å²) >= 11 is 0. The third kappa shape index (κ3) is 2.02. The molecule has 0 unspecified atom stereocenters. The van der Waals surface area contributed by atoms with Crippen LogP contribution in [-0.4, -0.2) is 18.4 Å². The van der Waals surface area contributed by atoms with Crippen LogP contribution in [0.5, 0.6) is 5.75 Å². The Kier molecular flexibility index (Phi) is 2.88. The molecule has 0 fully saturated rings. The normalized spacial score (nSPS) is 13.6. The van der Waals surface area contributed by atoms with E-state index in [9.17, 15) is 14.7 Å². The Labute approximate surface area is 99.2 Å². The fraction of sp³-hybridized carbons (Fsp3) is 0.385. The number of carbonyl (C=O) groups excluding carboxylic acids is 2. The molecule has 1 aliphatic rings. The molecule has 0 aromatic heterocycles. The quantitative estimate of drug-likeness (QED) is 0.765. The molecule has 0 saturated heterocycles. The summed E-state index contributed by atoms with van der Waals surface area (Å²) in [5, 5.41) is 10.4. The van der Waals surface area contributed by atoms with Gasteiger partial charge in [-0.3, -0.25) is 4.79 Å². The number of Topliss-reactive ketones (excluding diaryl/α,β-unsaturated/α-hetero) is 1. The van der Waals surface area contributed by atoms with E-state index in [4.69, 9.17) is 4.74 Å². The second-order valence-electron chi connectivity index (χ2n) is 4.25. The van der Waals surface area contributed by atoms with E-state index < -0.39 is 12.6 Å². The van der Waals surface area contributed by atoms with E-state index in [-0.39, 0.29) is 5.78 Å². The molecule has 90 valence electrons. The second kappa shape index (κ2) is 4.20. The Hall–Kier alpha value is -1.84. The first-order valence-electron chi connectivity index (χ1n) is 5.49. The summed E-state index contributed by atoms with van der Waals surface area (Å²) in [5.74, 6) is -0.654. The van der Waals surface area contributed by atoms with Crippen LogP contribution in [0, 0.1) is 13.8 Å². The van der Waals surface area contributed by atoms with E-state index in [0.29, 0.717) is 24.2 Å². The number of ether oxygens (including phenoxy) is 1. The second-order valence-corrected chi connectivity index (χ2v) is 4.25. The van der Waals surface area contributed by atoms with Gasteiger partial charge >= 0.3 is 0 Å². The highest BCUT2D eigenvalue weighted by Gasteiger charge is 2.26. The molecule has 0 saturated carbocycles. The Balaban J connectivity index is 2.44. The summed E-state index contributed by atoms with van der Waals surface area (Å²) in [4.78, 5) is 22.1. The molecule has 0 aliphatic heterocycles. The highest BCUT2D eigenvalue weighted by molar-refractivity contribution is 6.02. The summed E-state index contributed by atoms with van der Waals surface area (Å²) in [5.41, 5.74) is 3.44. The number of benzene rings is 1. The van der Waals surface area contributed by atoms with Crippen LogP contribution in [0.15, 0.2) is 6.07 Å². The van der Waals surface area contributed by atoms with Gasteiger partial charge in [0.25, 0.3) is 0 Å². The van der Waals surface area contributed by atoms with Gasteiger partial charge in [-0.25, -0.2) is 0 Å². The van der Waals surface area contributed by atoms with E-state index in [1.807, 2.05) is 13.8 Å². The van der Waals surface area contributed by atoms with Gasteiger partial charge < -0.3 is 14.6 Å². The molecule has 4 nitrogen and oxygen atoms in total. The maximum atomic E-state index is 11.7. The van der Waals surface area contributed by atoms with Crippen LogP contribution >= 0.6 is 0 Å². The highest BCUT2D eigenvalue weighted by atomic mass is 16.5. The van der Waals surface area contributed by atoms with E-state index in [1.54, 1.807) is 6.07 Å². The average Bonchev–Trinajstić information content (AvgIpc) is 2.64. The third-order valence-corrected chi connectivity index (χ3v) is 3.14. The molecule has 1 aromatic rings. The molecule has 2 rings (SSSR count). The maximum Gasteiger partial charge on any atom is 0.163 e. The third-order valence-electron chi connectivity index (χ3n) is 3.14. The van der Waals surface area contributed by atoms with Crippen molar-refractivity contribution in [2.75, 3.05) is 6.61 Å². The number of rotatable bonds is 3. The number of fused-ring (bicyclic) bond motifs is 1. The summed E-state index contributed by atoms with van der Waals surface area (Å²) < 4.78 is 5.18. The lowest BCUT2D eigenvalue weighted by Gasteiger charge is -2.14. The summed E-state index contributed by atoms with van der Waals surface area (Å²) in [6.45, 7) is 3.30. The predicted molar refractivity (Wildman–Crippen MR) is 59.1 cm³/mol. The molecule has 0 atom stereocenters. The van der Waals surface area contributed by atoms with Gasteiger partial charge in [0.2, 0.25) is 0 Å². The number of carbonyl (C=O) groups is 2. The Bertz CT molecular complexity index is 503. The topological polar surface area (TPSA) is 66.4 Å². The van der Waals surface area contributed by atoms with E-state index >= 15 is 0 Å².